The first-order valence-electron chi connectivity index (χ1n) is 4.34. The number of aryl methyl sites for hydroxylation is 1. The van der Waals surface area contributed by atoms with Gasteiger partial charge in [-0.1, -0.05) is 0 Å². The van der Waals surface area contributed by atoms with E-state index in [4.69, 9.17) is 5.73 Å². The van der Waals surface area contributed by atoms with Crippen molar-refractivity contribution in [1.29, 1.82) is 0 Å². The molecular formula is C9H13N3O2. The number of hydrogen-bond acceptors (Lipinski definition) is 4. The van der Waals surface area contributed by atoms with E-state index in [9.17, 15) is 10.1 Å². The quantitative estimate of drug-likeness (QED) is 0.438. The lowest BCUT2D eigenvalue weighted by molar-refractivity contribution is -0.383. The molecular weight excluding hydrogens is 182 g/mol. The van der Waals surface area contributed by atoms with Crippen LogP contribution in [0.5, 0.6) is 0 Å². The monoisotopic (exact) mass is 195 g/mol. The van der Waals surface area contributed by atoms with Crippen LogP contribution in [0.15, 0.2) is 12.1 Å². The second-order valence-electron chi connectivity index (χ2n) is 3.01. The molecule has 0 heterocycles. The number of anilines is 2. The standard InChI is InChI=1S/C9H13N3O2/c1-3-11-8-5-9(12(13)14)7(10)4-6(8)2/h4-5,11H,3,10H2,1-2H3. The summed E-state index contributed by atoms with van der Waals surface area (Å²) in [6.45, 7) is 4.52. The van der Waals surface area contributed by atoms with Crippen LogP contribution in [0.2, 0.25) is 0 Å². The molecule has 0 aliphatic heterocycles. The van der Waals surface area contributed by atoms with Crippen LogP contribution in [0.4, 0.5) is 17.1 Å². The highest BCUT2D eigenvalue weighted by atomic mass is 16.6. The summed E-state index contributed by atoms with van der Waals surface area (Å²) in [5.74, 6) is 0. The largest absolute Gasteiger partial charge is 0.393 e. The summed E-state index contributed by atoms with van der Waals surface area (Å²) >= 11 is 0. The molecule has 0 saturated carbocycles. The zero-order valence-electron chi connectivity index (χ0n) is 8.20. The lowest BCUT2D eigenvalue weighted by Gasteiger charge is -2.08. The molecule has 0 bridgehead atoms. The zero-order chi connectivity index (χ0) is 10.7. The highest BCUT2D eigenvalue weighted by Crippen LogP contribution is 2.28. The molecule has 1 aromatic carbocycles. The Balaban J connectivity index is 3.20. The molecule has 0 aliphatic rings. The predicted octanol–water partition coefficient (Wildman–Crippen LogP) is 1.92. The normalized spacial score (nSPS) is 9.86. The van der Waals surface area contributed by atoms with Gasteiger partial charge in [0.1, 0.15) is 5.69 Å². The number of nitrogens with zero attached hydrogens (tertiary/aromatic N) is 1. The van der Waals surface area contributed by atoms with Crippen molar-refractivity contribution < 1.29 is 4.92 Å². The van der Waals surface area contributed by atoms with Gasteiger partial charge < -0.3 is 11.1 Å². The second-order valence-corrected chi connectivity index (χ2v) is 3.01. The summed E-state index contributed by atoms with van der Waals surface area (Å²) in [6.07, 6.45) is 0. The van der Waals surface area contributed by atoms with Crippen LogP contribution in [-0.2, 0) is 0 Å². The minimum Gasteiger partial charge on any atom is -0.393 e. The molecule has 0 atom stereocenters. The van der Waals surface area contributed by atoms with Crippen LogP contribution in [0.3, 0.4) is 0 Å². The highest BCUT2D eigenvalue weighted by Gasteiger charge is 2.13. The highest BCUT2D eigenvalue weighted by molar-refractivity contribution is 5.68. The third kappa shape index (κ3) is 1.93. The molecule has 0 fully saturated rings. The van der Waals surface area contributed by atoms with Crippen LogP contribution in [0.25, 0.3) is 0 Å². The molecule has 0 saturated heterocycles. The van der Waals surface area contributed by atoms with Gasteiger partial charge in [0.05, 0.1) is 4.92 Å². The van der Waals surface area contributed by atoms with E-state index in [0.717, 1.165) is 17.8 Å². The molecule has 0 aromatic heterocycles. The number of benzene rings is 1. The summed E-state index contributed by atoms with van der Waals surface area (Å²) in [5.41, 5.74) is 7.34. The number of hydrogen-bond donors (Lipinski definition) is 2. The summed E-state index contributed by atoms with van der Waals surface area (Å²) in [7, 11) is 0. The number of nitro benzene ring substituents is 1. The molecule has 14 heavy (non-hydrogen) atoms. The third-order valence-electron chi connectivity index (χ3n) is 1.94. The fraction of sp³-hybridized carbons (Fsp3) is 0.333. The van der Waals surface area contributed by atoms with Gasteiger partial charge in [0.2, 0.25) is 0 Å². The molecule has 0 spiro atoms. The van der Waals surface area contributed by atoms with E-state index in [0.29, 0.717) is 0 Å². The maximum atomic E-state index is 10.6. The van der Waals surface area contributed by atoms with Gasteiger partial charge in [0.25, 0.3) is 5.69 Å². The smallest absolute Gasteiger partial charge is 0.294 e. The average molecular weight is 195 g/mol. The lowest BCUT2D eigenvalue weighted by atomic mass is 10.1. The summed E-state index contributed by atoms with van der Waals surface area (Å²) in [6, 6.07) is 3.07. The van der Waals surface area contributed by atoms with E-state index in [-0.39, 0.29) is 11.4 Å². The molecule has 0 amide bonds. The van der Waals surface area contributed by atoms with Crippen molar-refractivity contribution in [3.05, 3.63) is 27.8 Å². The molecule has 0 aliphatic carbocycles. The van der Waals surface area contributed by atoms with Crippen LogP contribution >= 0.6 is 0 Å². The second kappa shape index (κ2) is 3.95. The topological polar surface area (TPSA) is 81.2 Å². The van der Waals surface area contributed by atoms with E-state index in [1.54, 1.807) is 6.07 Å². The summed E-state index contributed by atoms with van der Waals surface area (Å²) in [4.78, 5) is 10.1. The number of nitrogens with one attached hydrogen (secondary N) is 1. The van der Waals surface area contributed by atoms with Crippen LogP contribution in [0, 0.1) is 17.0 Å². The number of rotatable bonds is 3. The van der Waals surface area contributed by atoms with Crippen LogP contribution < -0.4 is 11.1 Å². The number of nitrogens with two attached hydrogens (primary N) is 1. The van der Waals surface area contributed by atoms with E-state index >= 15 is 0 Å². The van der Waals surface area contributed by atoms with E-state index < -0.39 is 4.92 Å². The van der Waals surface area contributed by atoms with E-state index in [1.807, 2.05) is 13.8 Å². The van der Waals surface area contributed by atoms with Gasteiger partial charge in [0, 0.05) is 18.3 Å². The van der Waals surface area contributed by atoms with Gasteiger partial charge in [-0.3, -0.25) is 10.1 Å². The van der Waals surface area contributed by atoms with E-state index in [2.05, 4.69) is 5.32 Å². The fourth-order valence-corrected chi connectivity index (χ4v) is 1.26. The van der Waals surface area contributed by atoms with Gasteiger partial charge >= 0.3 is 0 Å². The minimum atomic E-state index is -0.477. The summed E-state index contributed by atoms with van der Waals surface area (Å²) < 4.78 is 0. The van der Waals surface area contributed by atoms with Crippen molar-refractivity contribution in [1.82, 2.24) is 0 Å². The first kappa shape index (κ1) is 10.3. The third-order valence-corrected chi connectivity index (χ3v) is 1.94. The Hall–Kier alpha value is -1.78. The van der Waals surface area contributed by atoms with Crippen molar-refractivity contribution in [2.45, 2.75) is 13.8 Å². The Morgan fingerprint density at radius 3 is 2.71 bits per heavy atom. The molecule has 1 rings (SSSR count). The average Bonchev–Trinajstić information content (AvgIpc) is 2.09. The van der Waals surface area contributed by atoms with Gasteiger partial charge in [0.15, 0.2) is 0 Å². The SMILES string of the molecule is CCNc1cc([N+](=O)[O-])c(N)cc1C. The zero-order valence-corrected chi connectivity index (χ0v) is 8.20. The maximum absolute atomic E-state index is 10.6. The molecule has 5 heteroatoms. The fourth-order valence-electron chi connectivity index (χ4n) is 1.26. The molecule has 0 unspecified atom stereocenters. The van der Waals surface area contributed by atoms with Crippen molar-refractivity contribution >= 4 is 17.1 Å². The van der Waals surface area contributed by atoms with Crippen LogP contribution in [0.1, 0.15) is 12.5 Å². The van der Waals surface area contributed by atoms with Gasteiger partial charge in [-0.2, -0.15) is 0 Å². The number of nitrogen functional groups attached to an aromatic ring is 1. The Kier molecular flexibility index (Phi) is 2.91. The lowest BCUT2D eigenvalue weighted by Crippen LogP contribution is -2.02. The Morgan fingerprint density at radius 2 is 2.21 bits per heavy atom. The van der Waals surface area contributed by atoms with Crippen molar-refractivity contribution in [3.8, 4) is 0 Å². The van der Waals surface area contributed by atoms with Gasteiger partial charge in [-0.05, 0) is 25.5 Å². The first-order chi connectivity index (χ1) is 6.56. The molecule has 3 N–H and O–H groups in total. The predicted molar refractivity (Wildman–Crippen MR) is 56.4 cm³/mol. The van der Waals surface area contributed by atoms with E-state index in [1.165, 1.54) is 6.07 Å². The number of nitro groups is 1. The summed E-state index contributed by atoms with van der Waals surface area (Å²) in [5, 5.41) is 13.6. The molecule has 76 valence electrons. The van der Waals surface area contributed by atoms with Crippen molar-refractivity contribution in [3.63, 3.8) is 0 Å². The van der Waals surface area contributed by atoms with Crippen molar-refractivity contribution in [2.75, 3.05) is 17.6 Å². The minimum absolute atomic E-state index is 0.0495. The van der Waals surface area contributed by atoms with Crippen LogP contribution in [-0.4, -0.2) is 11.5 Å². The van der Waals surface area contributed by atoms with Crippen molar-refractivity contribution in [2.24, 2.45) is 0 Å². The first-order valence-corrected chi connectivity index (χ1v) is 4.34. The maximum Gasteiger partial charge on any atom is 0.294 e. The Morgan fingerprint density at radius 1 is 1.57 bits per heavy atom. The Bertz CT molecular complexity index is 363. The van der Waals surface area contributed by atoms with Gasteiger partial charge in [-0.25, -0.2) is 0 Å². The molecule has 0 radical (unpaired) electrons. The molecule has 5 nitrogen and oxygen atoms in total. The molecule has 1 aromatic rings. The Labute approximate surface area is 82.1 Å². The van der Waals surface area contributed by atoms with Gasteiger partial charge in [-0.15, -0.1) is 0 Å².